The molecule has 0 aliphatic rings. The molecule has 3 unspecified atom stereocenters. The van der Waals surface area contributed by atoms with Crippen molar-refractivity contribution in [2.75, 3.05) is 12.4 Å². The highest BCUT2D eigenvalue weighted by Crippen LogP contribution is 2.43. The maximum absolute atomic E-state index is 12.5. The summed E-state index contributed by atoms with van der Waals surface area (Å²) in [5, 5.41) is 19.8. The van der Waals surface area contributed by atoms with Gasteiger partial charge < -0.3 is 20.0 Å². The second-order valence-electron chi connectivity index (χ2n) is 8.20. The molecule has 0 amide bonds. The van der Waals surface area contributed by atoms with Crippen LogP contribution in [-0.2, 0) is 14.6 Å². The van der Waals surface area contributed by atoms with Gasteiger partial charge in [0.05, 0.1) is 18.5 Å². The number of hydrogen-bond acceptors (Lipinski definition) is 5. The Morgan fingerprint density at radius 3 is 1.77 bits per heavy atom. The van der Waals surface area contributed by atoms with Crippen molar-refractivity contribution < 1.29 is 33.0 Å². The molecule has 0 saturated heterocycles. The van der Waals surface area contributed by atoms with Crippen LogP contribution in [0, 0.1) is 0 Å². The summed E-state index contributed by atoms with van der Waals surface area (Å²) in [4.78, 5) is 18.8. The summed E-state index contributed by atoms with van der Waals surface area (Å²) in [7, 11) is -8.47. The lowest BCUT2D eigenvalue weighted by Crippen LogP contribution is -2.49. The average molecular weight is 474 g/mol. The molecule has 8 nitrogen and oxygen atoms in total. The summed E-state index contributed by atoms with van der Waals surface area (Å²) < 4.78 is 39.0. The monoisotopic (exact) mass is 473 g/mol. The fourth-order valence-corrected chi connectivity index (χ4v) is 5.73. The Morgan fingerprint density at radius 2 is 1.30 bits per heavy atom. The Morgan fingerprint density at radius 1 is 0.833 bits per heavy atom. The van der Waals surface area contributed by atoms with E-state index in [4.69, 9.17) is 0 Å². The van der Waals surface area contributed by atoms with E-state index in [0.717, 1.165) is 44.9 Å². The minimum Gasteiger partial charge on any atom is -0.395 e. The zero-order chi connectivity index (χ0) is 23.0. The third-order valence-corrected chi connectivity index (χ3v) is 8.21. The third kappa shape index (κ3) is 14.1. The van der Waals surface area contributed by atoms with Crippen LogP contribution in [0.15, 0.2) is 0 Å². The molecular weight excluding hydrogens is 429 g/mol. The highest BCUT2D eigenvalue weighted by Gasteiger charge is 2.40. The molecule has 0 aromatic rings. The molecule has 182 valence electrons. The van der Waals surface area contributed by atoms with Crippen molar-refractivity contribution in [3.8, 4) is 0 Å². The van der Waals surface area contributed by atoms with Crippen molar-refractivity contribution >= 4 is 17.6 Å². The fraction of sp³-hybridized carbons (Fsp3) is 1.00. The van der Waals surface area contributed by atoms with E-state index >= 15 is 0 Å². The van der Waals surface area contributed by atoms with Gasteiger partial charge in [-0.3, -0.25) is 4.57 Å². The van der Waals surface area contributed by atoms with Crippen LogP contribution < -0.4 is 4.72 Å². The van der Waals surface area contributed by atoms with Crippen molar-refractivity contribution in [2.24, 2.45) is 0 Å². The molecule has 30 heavy (non-hydrogen) atoms. The second-order valence-corrected chi connectivity index (χ2v) is 11.9. The Kier molecular flexibility index (Phi) is 16.6. The van der Waals surface area contributed by atoms with E-state index in [2.05, 4.69) is 11.6 Å². The zero-order valence-corrected chi connectivity index (χ0v) is 20.4. The molecule has 0 aromatic carbocycles. The predicted molar refractivity (Wildman–Crippen MR) is 121 cm³/mol. The van der Waals surface area contributed by atoms with Crippen LogP contribution >= 0.6 is 7.60 Å². The molecule has 0 aromatic heterocycles. The molecule has 0 radical (unpaired) electrons. The van der Waals surface area contributed by atoms with Gasteiger partial charge in [-0.25, -0.2) is 13.1 Å². The van der Waals surface area contributed by atoms with Gasteiger partial charge in [-0.15, -0.1) is 0 Å². The summed E-state index contributed by atoms with van der Waals surface area (Å²) in [5.74, 6) is -0.0835. The SMILES string of the molecule is CCCCCCCCCCS(=O)(=O)NC(CCCCCC)C(O)C(CO)P(=O)(O)O. The normalized spacial score (nSPS) is 15.8. The van der Waals surface area contributed by atoms with Gasteiger partial charge in [-0.2, -0.15) is 0 Å². The summed E-state index contributed by atoms with van der Waals surface area (Å²) in [5.41, 5.74) is -1.71. The van der Waals surface area contributed by atoms with E-state index in [-0.39, 0.29) is 12.2 Å². The Bertz CT molecular complexity index is 568. The van der Waals surface area contributed by atoms with Gasteiger partial charge in [0.15, 0.2) is 0 Å². The van der Waals surface area contributed by atoms with Crippen molar-refractivity contribution in [1.29, 1.82) is 0 Å². The zero-order valence-electron chi connectivity index (χ0n) is 18.7. The highest BCUT2D eigenvalue weighted by molar-refractivity contribution is 7.89. The van der Waals surface area contributed by atoms with Crippen LogP contribution in [0.2, 0.25) is 0 Å². The molecule has 0 heterocycles. The van der Waals surface area contributed by atoms with Crippen LogP contribution in [0.4, 0.5) is 0 Å². The minimum absolute atomic E-state index is 0.0835. The lowest BCUT2D eigenvalue weighted by atomic mass is 10.0. The van der Waals surface area contributed by atoms with Crippen LogP contribution in [0.1, 0.15) is 97.3 Å². The molecule has 0 spiro atoms. The van der Waals surface area contributed by atoms with Crippen LogP contribution in [-0.4, -0.2) is 58.6 Å². The number of hydrogen-bond donors (Lipinski definition) is 5. The van der Waals surface area contributed by atoms with Crippen molar-refractivity contribution in [3.05, 3.63) is 0 Å². The Hall–Kier alpha value is -0.0200. The van der Waals surface area contributed by atoms with Gasteiger partial charge in [0, 0.05) is 6.04 Å². The molecule has 0 rings (SSSR count). The van der Waals surface area contributed by atoms with Gasteiger partial charge >= 0.3 is 7.60 Å². The van der Waals surface area contributed by atoms with E-state index in [1.807, 2.05) is 6.92 Å². The minimum atomic E-state index is -4.77. The maximum Gasteiger partial charge on any atom is 0.333 e. The van der Waals surface area contributed by atoms with E-state index in [0.29, 0.717) is 12.8 Å². The summed E-state index contributed by atoms with van der Waals surface area (Å²) >= 11 is 0. The second kappa shape index (κ2) is 16.6. The smallest absolute Gasteiger partial charge is 0.333 e. The van der Waals surface area contributed by atoms with Gasteiger partial charge in [-0.1, -0.05) is 84.5 Å². The van der Waals surface area contributed by atoms with Gasteiger partial charge in [0.1, 0.15) is 5.66 Å². The Labute approximate surface area is 183 Å². The lowest BCUT2D eigenvalue weighted by molar-refractivity contribution is 0.0928. The first-order valence-electron chi connectivity index (χ1n) is 11.4. The molecule has 5 N–H and O–H groups in total. The molecule has 0 fully saturated rings. The van der Waals surface area contributed by atoms with Crippen LogP contribution in [0.3, 0.4) is 0 Å². The van der Waals surface area contributed by atoms with Gasteiger partial charge in [0.2, 0.25) is 10.0 Å². The molecule has 10 heteroatoms. The third-order valence-electron chi connectivity index (χ3n) is 5.39. The van der Waals surface area contributed by atoms with Crippen molar-refractivity contribution in [2.45, 2.75) is 115 Å². The van der Waals surface area contributed by atoms with Crippen LogP contribution in [0.25, 0.3) is 0 Å². The van der Waals surface area contributed by atoms with Gasteiger partial charge in [0.25, 0.3) is 0 Å². The summed E-state index contributed by atoms with van der Waals surface area (Å²) in [6.07, 6.45) is 10.2. The lowest BCUT2D eigenvalue weighted by Gasteiger charge is -2.30. The molecule has 0 aliphatic heterocycles. The summed E-state index contributed by atoms with van der Waals surface area (Å²) in [6, 6.07) is -1.04. The van der Waals surface area contributed by atoms with Crippen molar-refractivity contribution in [3.63, 3.8) is 0 Å². The first-order valence-corrected chi connectivity index (χ1v) is 14.8. The van der Waals surface area contributed by atoms with E-state index in [1.165, 1.54) is 19.3 Å². The van der Waals surface area contributed by atoms with Crippen LogP contribution in [0.5, 0.6) is 0 Å². The molecule has 0 aliphatic carbocycles. The predicted octanol–water partition coefficient (Wildman–Crippen LogP) is 3.29. The topological polar surface area (TPSA) is 144 Å². The fourth-order valence-electron chi connectivity index (χ4n) is 3.49. The van der Waals surface area contributed by atoms with E-state index in [1.54, 1.807) is 0 Å². The number of sulfonamides is 1. The number of aliphatic hydroxyl groups is 2. The van der Waals surface area contributed by atoms with Gasteiger partial charge in [-0.05, 0) is 12.8 Å². The van der Waals surface area contributed by atoms with E-state index in [9.17, 15) is 33.0 Å². The molecule has 0 saturated carbocycles. The molecule has 0 bridgehead atoms. The largest absolute Gasteiger partial charge is 0.395 e. The standard InChI is InChI=1S/C20H44NO7PS/c1-3-5-7-9-10-11-12-14-16-30(27,28)21-18(15-13-8-6-4-2)20(23)19(17-22)29(24,25)26/h18-23H,3-17H2,1-2H3,(H2,24,25,26). The Balaban J connectivity index is 4.75. The number of nitrogens with one attached hydrogen (secondary N) is 1. The first-order chi connectivity index (χ1) is 14.1. The maximum atomic E-state index is 12.5. The highest BCUT2D eigenvalue weighted by atomic mass is 32.2. The quantitative estimate of drug-likeness (QED) is 0.135. The molecule has 3 atom stereocenters. The number of unbranched alkanes of at least 4 members (excludes halogenated alkanes) is 10. The first kappa shape index (κ1) is 30.0. The molecular formula is C20H44NO7PS. The van der Waals surface area contributed by atoms with E-state index < -0.39 is 42.0 Å². The average Bonchev–Trinajstić information content (AvgIpc) is 2.65. The number of aliphatic hydroxyl groups excluding tert-OH is 2. The summed E-state index contributed by atoms with van der Waals surface area (Å²) in [6.45, 7) is 3.28. The van der Waals surface area contributed by atoms with Crippen molar-refractivity contribution in [1.82, 2.24) is 4.72 Å². The number of rotatable bonds is 20.